The van der Waals surface area contributed by atoms with E-state index in [1.54, 1.807) is 0 Å². The van der Waals surface area contributed by atoms with Gasteiger partial charge in [-0.1, -0.05) is 85.8 Å². The number of hydrogen-bond acceptors (Lipinski definition) is 0. The lowest BCUT2D eigenvalue weighted by molar-refractivity contribution is 0.925. The van der Waals surface area contributed by atoms with E-state index < -0.39 is 0 Å². The van der Waals surface area contributed by atoms with Crippen molar-refractivity contribution >= 4 is 0 Å². The van der Waals surface area contributed by atoms with E-state index in [9.17, 15) is 0 Å². The molecule has 3 aromatic carbocycles. The molecule has 0 aliphatic carbocycles. The van der Waals surface area contributed by atoms with Gasteiger partial charge in [0.2, 0.25) is 0 Å². The second kappa shape index (κ2) is 5.75. The van der Waals surface area contributed by atoms with Gasteiger partial charge in [0, 0.05) is 5.92 Å². The summed E-state index contributed by atoms with van der Waals surface area (Å²) in [6.07, 6.45) is 0. The van der Waals surface area contributed by atoms with Crippen LogP contribution >= 0.6 is 0 Å². The summed E-state index contributed by atoms with van der Waals surface area (Å²) >= 11 is 0. The molecule has 0 heteroatoms. The van der Waals surface area contributed by atoms with Crippen LogP contribution in [0.2, 0.25) is 0 Å². The van der Waals surface area contributed by atoms with Crippen LogP contribution < -0.4 is 0 Å². The largest absolute Gasteiger partial charge is 0.0622 e. The number of hydrogen-bond donors (Lipinski definition) is 0. The molecule has 0 spiro atoms. The smallest absolute Gasteiger partial charge is 0.00671 e. The molecule has 0 aliphatic heterocycles. The zero-order valence-electron chi connectivity index (χ0n) is 11.6. The Hall–Kier alpha value is -2.34. The Morgan fingerprint density at radius 1 is 0.750 bits per heavy atom. The minimum absolute atomic E-state index is 0.376. The Balaban J connectivity index is 2.07. The van der Waals surface area contributed by atoms with E-state index in [1.807, 2.05) is 12.1 Å². The van der Waals surface area contributed by atoms with E-state index in [1.165, 1.54) is 16.7 Å². The van der Waals surface area contributed by atoms with Crippen LogP contribution in [0.5, 0.6) is 0 Å². The molecule has 0 saturated heterocycles. The van der Waals surface area contributed by atoms with E-state index in [-0.39, 0.29) is 0 Å². The van der Waals surface area contributed by atoms with Gasteiger partial charge in [-0.3, -0.25) is 0 Å². The van der Waals surface area contributed by atoms with Crippen molar-refractivity contribution in [2.75, 3.05) is 0 Å². The van der Waals surface area contributed by atoms with Gasteiger partial charge < -0.3 is 0 Å². The summed E-state index contributed by atoms with van der Waals surface area (Å²) in [5, 5.41) is 0. The van der Waals surface area contributed by atoms with E-state index in [0.717, 1.165) is 5.56 Å². The monoisotopic (exact) mass is 257 g/mol. The summed E-state index contributed by atoms with van der Waals surface area (Å²) in [5.41, 5.74) is 5.12. The third kappa shape index (κ3) is 2.50. The highest BCUT2D eigenvalue weighted by Crippen LogP contribution is 2.32. The minimum Gasteiger partial charge on any atom is -0.0622 e. The van der Waals surface area contributed by atoms with Crippen molar-refractivity contribution in [2.45, 2.75) is 12.8 Å². The van der Waals surface area contributed by atoms with Gasteiger partial charge >= 0.3 is 0 Å². The lowest BCUT2D eigenvalue weighted by Crippen LogP contribution is -1.98. The molecule has 0 aromatic heterocycles. The van der Waals surface area contributed by atoms with Crippen molar-refractivity contribution in [2.24, 2.45) is 0 Å². The van der Waals surface area contributed by atoms with Crippen molar-refractivity contribution < 1.29 is 0 Å². The molecule has 20 heavy (non-hydrogen) atoms. The van der Waals surface area contributed by atoms with E-state index in [4.69, 9.17) is 0 Å². The summed E-state index contributed by atoms with van der Waals surface area (Å²) in [5.74, 6) is 0.376. The molecule has 0 bridgehead atoms. The highest BCUT2D eigenvalue weighted by atomic mass is 14.2. The van der Waals surface area contributed by atoms with Gasteiger partial charge in [-0.15, -0.1) is 0 Å². The first-order valence-corrected chi connectivity index (χ1v) is 6.97. The van der Waals surface area contributed by atoms with Crippen molar-refractivity contribution in [1.29, 1.82) is 0 Å². The molecule has 0 amide bonds. The van der Waals surface area contributed by atoms with Crippen molar-refractivity contribution in [3.63, 3.8) is 0 Å². The maximum atomic E-state index is 3.33. The Kier molecular flexibility index (Phi) is 3.64. The van der Waals surface area contributed by atoms with E-state index >= 15 is 0 Å². The third-order valence-electron chi connectivity index (χ3n) is 3.73. The predicted molar refractivity (Wildman–Crippen MR) is 84.7 cm³/mol. The van der Waals surface area contributed by atoms with Crippen LogP contribution in [0.25, 0.3) is 11.1 Å². The van der Waals surface area contributed by atoms with Crippen LogP contribution in [0, 0.1) is 6.07 Å². The highest BCUT2D eigenvalue weighted by molar-refractivity contribution is 5.68. The fraction of sp³-hybridized carbons (Fsp3) is 0.100. The van der Waals surface area contributed by atoms with Gasteiger partial charge in [0.15, 0.2) is 0 Å². The molecule has 0 fully saturated rings. The molecule has 0 nitrogen and oxygen atoms in total. The third-order valence-corrected chi connectivity index (χ3v) is 3.73. The van der Waals surface area contributed by atoms with Crippen molar-refractivity contribution in [3.8, 4) is 11.1 Å². The van der Waals surface area contributed by atoms with Crippen LogP contribution in [0.15, 0.2) is 78.9 Å². The summed E-state index contributed by atoms with van der Waals surface area (Å²) < 4.78 is 0. The summed E-state index contributed by atoms with van der Waals surface area (Å²) in [7, 11) is 0. The van der Waals surface area contributed by atoms with Crippen molar-refractivity contribution in [3.05, 3.63) is 96.1 Å². The molecule has 1 radical (unpaired) electrons. The van der Waals surface area contributed by atoms with Gasteiger partial charge in [0.05, 0.1) is 0 Å². The molecule has 97 valence electrons. The van der Waals surface area contributed by atoms with Gasteiger partial charge in [0.25, 0.3) is 0 Å². The second-order valence-corrected chi connectivity index (χ2v) is 5.00. The molecule has 0 saturated carbocycles. The predicted octanol–water partition coefficient (Wildman–Crippen LogP) is 5.31. The fourth-order valence-electron chi connectivity index (χ4n) is 2.60. The molecule has 3 rings (SSSR count). The molecule has 0 N–H and O–H groups in total. The standard InChI is InChI=1S/C20H17/c1-16(17-10-4-2-5-11-17)19-14-8-9-15-20(19)18-12-6-3-7-13-18/h2-12,14-16H,1H3. The maximum absolute atomic E-state index is 3.33. The van der Waals surface area contributed by atoms with Gasteiger partial charge in [0.1, 0.15) is 0 Å². The average Bonchev–Trinajstić information content (AvgIpc) is 2.56. The van der Waals surface area contributed by atoms with Crippen LogP contribution in [0.4, 0.5) is 0 Å². The van der Waals surface area contributed by atoms with Crippen LogP contribution in [0.1, 0.15) is 24.0 Å². The molecular weight excluding hydrogens is 240 g/mol. The Labute approximate surface area is 120 Å². The fourth-order valence-corrected chi connectivity index (χ4v) is 2.60. The first kappa shape index (κ1) is 12.7. The zero-order chi connectivity index (χ0) is 13.8. The van der Waals surface area contributed by atoms with E-state index in [2.05, 4.69) is 79.7 Å². The summed E-state index contributed by atoms with van der Waals surface area (Å²) in [4.78, 5) is 0. The lowest BCUT2D eigenvalue weighted by Gasteiger charge is -2.17. The normalized spacial score (nSPS) is 12.1. The van der Waals surface area contributed by atoms with Crippen LogP contribution in [0.3, 0.4) is 0 Å². The topological polar surface area (TPSA) is 0 Å². The van der Waals surface area contributed by atoms with Crippen LogP contribution in [-0.2, 0) is 0 Å². The average molecular weight is 257 g/mol. The molecular formula is C20H17. The molecule has 1 unspecified atom stereocenters. The molecule has 0 heterocycles. The Morgan fingerprint density at radius 2 is 1.45 bits per heavy atom. The lowest BCUT2D eigenvalue weighted by atomic mass is 9.87. The number of benzene rings is 3. The quantitative estimate of drug-likeness (QED) is 0.597. The highest BCUT2D eigenvalue weighted by Gasteiger charge is 2.12. The Morgan fingerprint density at radius 3 is 2.20 bits per heavy atom. The van der Waals surface area contributed by atoms with Gasteiger partial charge in [-0.25, -0.2) is 0 Å². The molecule has 3 aromatic rings. The molecule has 1 atom stereocenters. The zero-order valence-corrected chi connectivity index (χ0v) is 11.6. The minimum atomic E-state index is 0.376. The second-order valence-electron chi connectivity index (χ2n) is 5.00. The first-order valence-electron chi connectivity index (χ1n) is 6.97. The van der Waals surface area contributed by atoms with Gasteiger partial charge in [-0.2, -0.15) is 0 Å². The SMILES string of the molecule is CC(c1ccccc1)c1ccccc1-c1[c]cccc1. The summed E-state index contributed by atoms with van der Waals surface area (Å²) in [6, 6.07) is 30.7. The molecule has 0 aliphatic rings. The van der Waals surface area contributed by atoms with Crippen LogP contribution in [-0.4, -0.2) is 0 Å². The summed E-state index contributed by atoms with van der Waals surface area (Å²) in [6.45, 7) is 2.26. The number of rotatable bonds is 3. The van der Waals surface area contributed by atoms with E-state index in [0.29, 0.717) is 5.92 Å². The first-order chi connectivity index (χ1) is 9.86. The van der Waals surface area contributed by atoms with Gasteiger partial charge in [-0.05, 0) is 28.3 Å². The maximum Gasteiger partial charge on any atom is 0.00671 e. The van der Waals surface area contributed by atoms with Crippen molar-refractivity contribution in [1.82, 2.24) is 0 Å². The Bertz CT molecular complexity index is 669.